The number of nitrogens with two attached hydrogens (primary N) is 1. The molecule has 0 bridgehead atoms. The lowest BCUT2D eigenvalue weighted by Crippen LogP contribution is -2.54. The minimum Gasteiger partial charge on any atom is -0.367 e. The normalized spacial score (nSPS) is 17.4. The number of hydrogen-bond acceptors (Lipinski definition) is 6. The van der Waals surface area contributed by atoms with Crippen molar-refractivity contribution in [1.29, 1.82) is 0 Å². The molecule has 1 fully saturated rings. The van der Waals surface area contributed by atoms with Crippen LogP contribution in [0.3, 0.4) is 0 Å². The Hall–Kier alpha value is -0.920. The third-order valence-electron chi connectivity index (χ3n) is 3.74. The van der Waals surface area contributed by atoms with Crippen molar-refractivity contribution in [2.45, 2.75) is 24.8 Å². The van der Waals surface area contributed by atoms with Crippen molar-refractivity contribution >= 4 is 27.6 Å². The van der Waals surface area contributed by atoms with Crippen molar-refractivity contribution in [3.8, 4) is 0 Å². The van der Waals surface area contributed by atoms with Crippen LogP contribution in [0.5, 0.6) is 0 Å². The molecule has 1 aliphatic carbocycles. The largest absolute Gasteiger partial charge is 0.367 e. The number of hydrazine groups is 1. The second-order valence-corrected chi connectivity index (χ2v) is 5.65. The zero-order valence-corrected chi connectivity index (χ0v) is 12.3. The first-order valence-electron chi connectivity index (χ1n) is 5.97. The van der Waals surface area contributed by atoms with Gasteiger partial charge in [0.05, 0.1) is 0 Å². The minimum absolute atomic E-state index is 0.251. The van der Waals surface area contributed by atoms with Crippen LogP contribution in [0.4, 0.5) is 11.6 Å². The zero-order chi connectivity index (χ0) is 13.2. The van der Waals surface area contributed by atoms with Crippen LogP contribution in [0.2, 0.25) is 0 Å². The second-order valence-electron chi connectivity index (χ2n) is 4.86. The molecule has 0 amide bonds. The summed E-state index contributed by atoms with van der Waals surface area (Å²) in [5.41, 5.74) is 2.79. The Kier molecular flexibility index (Phi) is 4.04. The molecule has 0 saturated heterocycles. The quantitative estimate of drug-likeness (QED) is 0.563. The first-order valence-corrected chi connectivity index (χ1v) is 6.77. The van der Waals surface area contributed by atoms with Gasteiger partial charge in [-0.3, -0.25) is 0 Å². The molecule has 1 aromatic heterocycles. The summed E-state index contributed by atoms with van der Waals surface area (Å²) in [6.07, 6.45) is 5.22. The van der Waals surface area contributed by atoms with Gasteiger partial charge < -0.3 is 15.6 Å². The highest BCUT2D eigenvalue weighted by Crippen LogP contribution is 2.36. The maximum absolute atomic E-state index is 5.38. The molecule has 0 aromatic carbocycles. The topological polar surface area (TPSA) is 79.1 Å². The van der Waals surface area contributed by atoms with Crippen LogP contribution in [-0.2, 0) is 0 Å². The smallest absolute Gasteiger partial charge is 0.159 e. The average molecular weight is 315 g/mol. The molecule has 18 heavy (non-hydrogen) atoms. The molecule has 0 radical (unpaired) electrons. The molecule has 1 aromatic rings. The molecule has 4 N–H and O–H groups in total. The van der Waals surface area contributed by atoms with Gasteiger partial charge in [-0.2, -0.15) is 0 Å². The highest BCUT2D eigenvalue weighted by atomic mass is 79.9. The summed E-state index contributed by atoms with van der Waals surface area (Å²) in [5.74, 6) is 6.73. The summed E-state index contributed by atoms with van der Waals surface area (Å²) in [6.45, 7) is 0.875. The summed E-state index contributed by atoms with van der Waals surface area (Å²) in [7, 11) is 4.26. The number of halogens is 1. The van der Waals surface area contributed by atoms with Crippen LogP contribution in [0.25, 0.3) is 0 Å². The summed E-state index contributed by atoms with van der Waals surface area (Å²) < 4.78 is 0.765. The van der Waals surface area contributed by atoms with E-state index < -0.39 is 0 Å². The van der Waals surface area contributed by atoms with Crippen molar-refractivity contribution in [1.82, 2.24) is 14.9 Å². The number of nitrogens with one attached hydrogen (secondary N) is 2. The SMILES string of the molecule is CN(C)C1(CNc2ncnc(NN)c2Br)CCC1. The highest BCUT2D eigenvalue weighted by Gasteiger charge is 2.38. The first-order chi connectivity index (χ1) is 8.59. The van der Waals surface area contributed by atoms with E-state index in [1.165, 1.54) is 25.6 Å². The number of hydrogen-bond donors (Lipinski definition) is 3. The van der Waals surface area contributed by atoms with Crippen molar-refractivity contribution < 1.29 is 0 Å². The zero-order valence-electron chi connectivity index (χ0n) is 10.7. The van der Waals surface area contributed by atoms with Crippen LogP contribution < -0.4 is 16.6 Å². The van der Waals surface area contributed by atoms with Gasteiger partial charge in [0, 0.05) is 12.1 Å². The maximum Gasteiger partial charge on any atom is 0.159 e. The molecule has 1 aliphatic rings. The second kappa shape index (κ2) is 5.38. The molecule has 1 heterocycles. The van der Waals surface area contributed by atoms with Gasteiger partial charge in [-0.15, -0.1) is 0 Å². The van der Waals surface area contributed by atoms with Gasteiger partial charge in [-0.05, 0) is 49.3 Å². The molecular weight excluding hydrogens is 296 g/mol. The molecule has 0 unspecified atom stereocenters. The van der Waals surface area contributed by atoms with Gasteiger partial charge in [0.15, 0.2) is 5.82 Å². The predicted octanol–water partition coefficient (Wildman–Crippen LogP) is 1.42. The van der Waals surface area contributed by atoms with Gasteiger partial charge in [-0.25, -0.2) is 15.8 Å². The van der Waals surface area contributed by atoms with Crippen LogP contribution in [0.15, 0.2) is 10.8 Å². The Labute approximate surface area is 115 Å². The van der Waals surface area contributed by atoms with Crippen molar-refractivity contribution in [2.75, 3.05) is 31.4 Å². The van der Waals surface area contributed by atoms with Crippen LogP contribution in [0.1, 0.15) is 19.3 Å². The summed E-state index contributed by atoms with van der Waals surface area (Å²) in [6, 6.07) is 0. The number of nitrogens with zero attached hydrogens (tertiary/aromatic N) is 3. The standard InChI is InChI=1S/C11H19BrN6/c1-18(2)11(4-3-5-11)6-14-9-8(12)10(17-13)16-7-15-9/h7H,3-6,13H2,1-2H3,(H2,14,15,16,17). The lowest BCUT2D eigenvalue weighted by Gasteiger charge is -2.47. The van der Waals surface area contributed by atoms with E-state index in [9.17, 15) is 0 Å². The molecular formula is C11H19BrN6. The van der Waals surface area contributed by atoms with Crippen molar-refractivity contribution in [2.24, 2.45) is 5.84 Å². The molecule has 6 nitrogen and oxygen atoms in total. The monoisotopic (exact) mass is 314 g/mol. The van der Waals surface area contributed by atoms with Gasteiger partial charge in [0.25, 0.3) is 0 Å². The summed E-state index contributed by atoms with van der Waals surface area (Å²) >= 11 is 3.44. The maximum atomic E-state index is 5.38. The number of nitrogen functional groups attached to an aromatic ring is 1. The third-order valence-corrected chi connectivity index (χ3v) is 4.50. The van der Waals surface area contributed by atoms with Crippen molar-refractivity contribution in [3.05, 3.63) is 10.8 Å². The minimum atomic E-state index is 0.251. The lowest BCUT2D eigenvalue weighted by molar-refractivity contribution is 0.0738. The fraction of sp³-hybridized carbons (Fsp3) is 0.636. The van der Waals surface area contributed by atoms with Gasteiger partial charge >= 0.3 is 0 Å². The lowest BCUT2D eigenvalue weighted by atomic mass is 9.75. The molecule has 0 spiro atoms. The highest BCUT2D eigenvalue weighted by molar-refractivity contribution is 9.10. The van der Waals surface area contributed by atoms with Gasteiger partial charge in [0.1, 0.15) is 16.6 Å². The number of anilines is 2. The fourth-order valence-electron chi connectivity index (χ4n) is 2.21. The van der Waals surface area contributed by atoms with E-state index in [1.807, 2.05) is 0 Å². The predicted molar refractivity (Wildman–Crippen MR) is 76.3 cm³/mol. The van der Waals surface area contributed by atoms with E-state index in [0.717, 1.165) is 16.8 Å². The summed E-state index contributed by atoms with van der Waals surface area (Å²) in [5, 5.41) is 3.38. The summed E-state index contributed by atoms with van der Waals surface area (Å²) in [4.78, 5) is 10.5. The van der Waals surface area contributed by atoms with Crippen LogP contribution >= 0.6 is 15.9 Å². The third kappa shape index (κ3) is 2.43. The van der Waals surface area contributed by atoms with E-state index >= 15 is 0 Å². The average Bonchev–Trinajstić information content (AvgIpc) is 2.29. The van der Waals surface area contributed by atoms with Crippen LogP contribution in [-0.4, -0.2) is 41.0 Å². The Bertz CT molecular complexity index is 418. The van der Waals surface area contributed by atoms with E-state index in [2.05, 4.69) is 55.6 Å². The molecule has 0 aliphatic heterocycles. The van der Waals surface area contributed by atoms with Gasteiger partial charge in [-0.1, -0.05) is 0 Å². The number of likely N-dealkylation sites (N-methyl/N-ethyl adjacent to an activating group) is 1. The first kappa shape index (κ1) is 13.5. The molecule has 0 atom stereocenters. The molecule has 1 saturated carbocycles. The Morgan fingerprint density at radius 2 is 2.06 bits per heavy atom. The Morgan fingerprint density at radius 1 is 1.39 bits per heavy atom. The van der Waals surface area contributed by atoms with Crippen LogP contribution in [0, 0.1) is 0 Å². The fourth-order valence-corrected chi connectivity index (χ4v) is 2.67. The van der Waals surface area contributed by atoms with E-state index in [4.69, 9.17) is 5.84 Å². The number of rotatable bonds is 5. The molecule has 7 heteroatoms. The molecule has 2 rings (SSSR count). The van der Waals surface area contributed by atoms with E-state index in [1.54, 1.807) is 0 Å². The van der Waals surface area contributed by atoms with Crippen molar-refractivity contribution in [3.63, 3.8) is 0 Å². The Balaban J connectivity index is 2.06. The van der Waals surface area contributed by atoms with E-state index in [0.29, 0.717) is 5.82 Å². The molecule has 100 valence electrons. The van der Waals surface area contributed by atoms with Gasteiger partial charge in [0.2, 0.25) is 0 Å². The number of aromatic nitrogens is 2. The van der Waals surface area contributed by atoms with E-state index in [-0.39, 0.29) is 5.54 Å². The Morgan fingerprint density at radius 3 is 2.56 bits per heavy atom.